The number of methoxy groups -OCH3 is 1. The zero-order valence-electron chi connectivity index (χ0n) is 7.58. The number of hydrogen-bond acceptors (Lipinski definition) is 3. The van der Waals surface area contributed by atoms with Crippen LogP contribution in [0.25, 0.3) is 10.1 Å². The summed E-state index contributed by atoms with van der Waals surface area (Å²) in [5.41, 5.74) is 1.10. The highest BCUT2D eigenvalue weighted by Crippen LogP contribution is 2.39. The van der Waals surface area contributed by atoms with Crippen molar-refractivity contribution in [3.05, 3.63) is 23.8 Å². The summed E-state index contributed by atoms with van der Waals surface area (Å²) < 4.78 is 6.33. The van der Waals surface area contributed by atoms with Crippen LogP contribution in [-0.2, 0) is 5.33 Å². The second-order valence-electron chi connectivity index (χ2n) is 2.89. The van der Waals surface area contributed by atoms with Crippen molar-refractivity contribution in [2.24, 2.45) is 0 Å². The maximum absolute atomic E-state index is 9.39. The highest BCUT2D eigenvalue weighted by Gasteiger charge is 2.10. The second-order valence-corrected chi connectivity index (χ2v) is 4.49. The largest absolute Gasteiger partial charge is 0.499 e. The molecule has 2 nitrogen and oxygen atoms in total. The molecule has 0 amide bonds. The molecule has 74 valence electrons. The number of aromatic hydroxyl groups is 1. The van der Waals surface area contributed by atoms with Crippen LogP contribution >= 0.6 is 27.3 Å². The predicted octanol–water partition coefficient (Wildman–Crippen LogP) is 3.51. The Morgan fingerprint density at radius 1 is 1.50 bits per heavy atom. The third-order valence-corrected chi connectivity index (χ3v) is 3.61. The molecule has 2 rings (SSSR count). The summed E-state index contributed by atoms with van der Waals surface area (Å²) in [7, 11) is 1.65. The van der Waals surface area contributed by atoms with E-state index in [0.717, 1.165) is 26.7 Å². The molecule has 0 aliphatic rings. The van der Waals surface area contributed by atoms with Gasteiger partial charge in [-0.15, -0.1) is 0 Å². The van der Waals surface area contributed by atoms with Crippen LogP contribution < -0.4 is 4.74 Å². The minimum atomic E-state index is 0.324. The standard InChI is InChI=1S/C10H9BrO2S/c1-13-9-7(5-11)3-2-6-4-8(12)14-10(6)9/h2-4,12H,5H2,1H3. The Morgan fingerprint density at radius 3 is 2.93 bits per heavy atom. The predicted molar refractivity (Wildman–Crippen MR) is 62.7 cm³/mol. The molecule has 1 heterocycles. The third-order valence-electron chi connectivity index (χ3n) is 2.06. The lowest BCUT2D eigenvalue weighted by Crippen LogP contribution is -1.88. The summed E-state index contributed by atoms with van der Waals surface area (Å²) in [4.78, 5) is 0. The second kappa shape index (κ2) is 3.79. The molecule has 2 aromatic rings. The normalized spacial score (nSPS) is 10.7. The van der Waals surface area contributed by atoms with E-state index in [1.54, 1.807) is 13.2 Å². The summed E-state index contributed by atoms with van der Waals surface area (Å²) in [6.45, 7) is 0. The zero-order chi connectivity index (χ0) is 10.1. The average Bonchev–Trinajstić information content (AvgIpc) is 2.56. The number of halogens is 1. The molecule has 0 bridgehead atoms. The van der Waals surface area contributed by atoms with E-state index >= 15 is 0 Å². The molecule has 1 N–H and O–H groups in total. The zero-order valence-corrected chi connectivity index (χ0v) is 9.98. The first-order valence-corrected chi connectivity index (χ1v) is 6.04. The van der Waals surface area contributed by atoms with E-state index in [-0.39, 0.29) is 0 Å². The number of benzene rings is 1. The molecular formula is C10H9BrO2S. The fourth-order valence-corrected chi connectivity index (χ4v) is 2.82. The summed E-state index contributed by atoms with van der Waals surface area (Å²) in [5.74, 6) is 0.852. The maximum atomic E-state index is 9.39. The summed E-state index contributed by atoms with van der Waals surface area (Å²) in [6.07, 6.45) is 0. The van der Waals surface area contributed by atoms with E-state index in [9.17, 15) is 5.11 Å². The molecule has 0 saturated carbocycles. The van der Waals surface area contributed by atoms with Gasteiger partial charge in [-0.05, 0) is 6.07 Å². The van der Waals surface area contributed by atoms with Crippen LogP contribution in [0.2, 0.25) is 0 Å². The summed E-state index contributed by atoms with van der Waals surface area (Å²) in [6, 6.07) is 5.74. The minimum Gasteiger partial charge on any atom is -0.499 e. The van der Waals surface area contributed by atoms with Crippen molar-refractivity contribution in [1.82, 2.24) is 0 Å². The molecule has 0 spiro atoms. The molecule has 0 aliphatic carbocycles. The van der Waals surface area contributed by atoms with Crippen molar-refractivity contribution in [2.45, 2.75) is 5.33 Å². The first-order valence-electron chi connectivity index (χ1n) is 4.10. The monoisotopic (exact) mass is 272 g/mol. The molecule has 0 unspecified atom stereocenters. The van der Waals surface area contributed by atoms with Gasteiger partial charge in [0.1, 0.15) is 5.75 Å². The highest BCUT2D eigenvalue weighted by atomic mass is 79.9. The Kier molecular flexibility index (Phi) is 2.65. The van der Waals surface area contributed by atoms with Crippen molar-refractivity contribution < 1.29 is 9.84 Å². The summed E-state index contributed by atoms with van der Waals surface area (Å²) in [5, 5.41) is 11.5. The van der Waals surface area contributed by atoms with Crippen LogP contribution in [0.5, 0.6) is 10.8 Å². The van der Waals surface area contributed by atoms with Crippen molar-refractivity contribution in [3.8, 4) is 10.8 Å². The van der Waals surface area contributed by atoms with Crippen molar-refractivity contribution in [2.75, 3.05) is 7.11 Å². The van der Waals surface area contributed by atoms with E-state index in [1.807, 2.05) is 12.1 Å². The molecule has 1 aromatic carbocycles. The van der Waals surface area contributed by atoms with Gasteiger partial charge in [-0.25, -0.2) is 0 Å². The van der Waals surface area contributed by atoms with Gasteiger partial charge >= 0.3 is 0 Å². The van der Waals surface area contributed by atoms with Gasteiger partial charge < -0.3 is 9.84 Å². The molecule has 0 radical (unpaired) electrons. The third kappa shape index (κ3) is 1.48. The molecule has 4 heteroatoms. The fourth-order valence-electron chi connectivity index (χ4n) is 1.43. The highest BCUT2D eigenvalue weighted by molar-refractivity contribution is 9.08. The van der Waals surface area contributed by atoms with Gasteiger partial charge in [0.05, 0.1) is 11.8 Å². The first kappa shape index (κ1) is 9.80. The lowest BCUT2D eigenvalue weighted by molar-refractivity contribution is 0.417. The molecule has 0 fully saturated rings. The Morgan fingerprint density at radius 2 is 2.29 bits per heavy atom. The van der Waals surface area contributed by atoms with Gasteiger partial charge in [0.15, 0.2) is 5.06 Å². The average molecular weight is 273 g/mol. The van der Waals surface area contributed by atoms with Crippen LogP contribution in [0.3, 0.4) is 0 Å². The smallest absolute Gasteiger partial charge is 0.172 e. The lowest BCUT2D eigenvalue weighted by Gasteiger charge is -2.06. The van der Waals surface area contributed by atoms with Crippen molar-refractivity contribution >= 4 is 37.4 Å². The number of rotatable bonds is 2. The van der Waals surface area contributed by atoms with Gasteiger partial charge in [-0.3, -0.25) is 0 Å². The minimum absolute atomic E-state index is 0.324. The van der Waals surface area contributed by atoms with Crippen LogP contribution in [0.15, 0.2) is 18.2 Å². The van der Waals surface area contributed by atoms with Gasteiger partial charge in [0, 0.05) is 16.3 Å². The Labute approximate surface area is 94.3 Å². The van der Waals surface area contributed by atoms with Crippen LogP contribution in [0, 0.1) is 0 Å². The fraction of sp³-hybridized carbons (Fsp3) is 0.200. The van der Waals surface area contributed by atoms with Gasteiger partial charge in [0.25, 0.3) is 0 Å². The molecule has 0 saturated heterocycles. The van der Waals surface area contributed by atoms with E-state index in [2.05, 4.69) is 15.9 Å². The number of fused-ring (bicyclic) bond motifs is 1. The molecule has 14 heavy (non-hydrogen) atoms. The number of alkyl halides is 1. The molecule has 1 aromatic heterocycles. The lowest BCUT2D eigenvalue weighted by atomic mass is 10.2. The topological polar surface area (TPSA) is 29.5 Å². The van der Waals surface area contributed by atoms with Gasteiger partial charge in [-0.2, -0.15) is 0 Å². The van der Waals surface area contributed by atoms with Crippen molar-refractivity contribution in [3.63, 3.8) is 0 Å². The molecular weight excluding hydrogens is 264 g/mol. The molecule has 0 atom stereocenters. The number of thiophene rings is 1. The van der Waals surface area contributed by atoms with Gasteiger partial charge in [-0.1, -0.05) is 39.4 Å². The van der Waals surface area contributed by atoms with E-state index in [0.29, 0.717) is 5.06 Å². The number of ether oxygens (including phenoxy) is 1. The Hall–Kier alpha value is -0.740. The first-order chi connectivity index (χ1) is 6.76. The number of hydrogen-bond donors (Lipinski definition) is 1. The summed E-state index contributed by atoms with van der Waals surface area (Å²) >= 11 is 4.75. The van der Waals surface area contributed by atoms with Crippen LogP contribution in [0.1, 0.15) is 5.56 Å². The van der Waals surface area contributed by atoms with Crippen molar-refractivity contribution in [1.29, 1.82) is 0 Å². The van der Waals surface area contributed by atoms with E-state index < -0.39 is 0 Å². The molecule has 0 aliphatic heterocycles. The van der Waals surface area contributed by atoms with Crippen LogP contribution in [-0.4, -0.2) is 12.2 Å². The van der Waals surface area contributed by atoms with Crippen LogP contribution in [0.4, 0.5) is 0 Å². The van der Waals surface area contributed by atoms with Gasteiger partial charge in [0.2, 0.25) is 0 Å². The quantitative estimate of drug-likeness (QED) is 0.848. The Balaban J connectivity index is 2.75. The Bertz CT molecular complexity index is 464. The van der Waals surface area contributed by atoms with E-state index in [1.165, 1.54) is 11.3 Å². The van der Waals surface area contributed by atoms with E-state index in [4.69, 9.17) is 4.74 Å². The SMILES string of the molecule is COc1c(CBr)ccc2cc(O)sc12. The maximum Gasteiger partial charge on any atom is 0.172 e.